The van der Waals surface area contributed by atoms with Crippen LogP contribution in [0.25, 0.3) is 0 Å². The van der Waals surface area contributed by atoms with E-state index in [0.29, 0.717) is 0 Å². The summed E-state index contributed by atoms with van der Waals surface area (Å²) in [4.78, 5) is 0. The molecule has 0 aromatic rings. The molecule has 1 saturated heterocycles. The predicted molar refractivity (Wildman–Crippen MR) is 16.9 cm³/mol. The molecule has 0 aromatic carbocycles. The third kappa shape index (κ3) is 0.878. The first-order valence-corrected chi connectivity index (χ1v) is 1.99. The van der Waals surface area contributed by atoms with E-state index in [1.807, 2.05) is 0 Å². The molecule has 0 atom stereocenters. The summed E-state index contributed by atoms with van der Waals surface area (Å²) in [5.74, 6) is 0. The molecule has 1 aliphatic heterocycles. The van der Waals surface area contributed by atoms with Gasteiger partial charge in [0.15, 0.2) is 6.79 Å². The van der Waals surface area contributed by atoms with E-state index in [0.717, 1.165) is 0 Å². The molecule has 0 aliphatic carbocycles. The van der Waals surface area contributed by atoms with Gasteiger partial charge in [0.25, 0.3) is 0 Å². The van der Waals surface area contributed by atoms with Gasteiger partial charge >= 0.3 is 12.2 Å². The third-order valence-corrected chi connectivity index (χ3v) is 0.819. The Bertz CT molecular complexity index is 109. The maximum absolute atomic E-state index is 11.6. The van der Waals surface area contributed by atoms with E-state index in [-0.39, 0.29) is 0 Å². The fraction of sp³-hybridized carbons (Fsp3) is 1.00. The van der Waals surface area contributed by atoms with Gasteiger partial charge in [0, 0.05) is 0 Å². The molecular weight excluding hydrogens is 144 g/mol. The molecule has 1 aliphatic rings. The second kappa shape index (κ2) is 1.57. The van der Waals surface area contributed by atoms with Crippen molar-refractivity contribution in [3.8, 4) is 0 Å². The molecule has 9 heavy (non-hydrogen) atoms. The van der Waals surface area contributed by atoms with Crippen LogP contribution in [0.1, 0.15) is 0 Å². The molecule has 1 heterocycles. The Morgan fingerprint density at radius 3 is 1.33 bits per heavy atom. The van der Waals surface area contributed by atoms with Crippen molar-refractivity contribution in [1.29, 1.82) is 0 Å². The van der Waals surface area contributed by atoms with Crippen molar-refractivity contribution in [2.24, 2.45) is 0 Å². The minimum Gasteiger partial charge on any atom is -0.286 e. The summed E-state index contributed by atoms with van der Waals surface area (Å²) in [6.45, 7) is -1.07. The molecule has 0 N–H and O–H groups in total. The lowest BCUT2D eigenvalue weighted by Crippen LogP contribution is -2.36. The average Bonchev–Trinajstić information content (AvgIpc) is 1.81. The van der Waals surface area contributed by atoms with Gasteiger partial charge in [-0.2, -0.15) is 17.6 Å². The van der Waals surface area contributed by atoms with Crippen LogP contribution in [0, 0.1) is 0 Å². The Morgan fingerprint density at radius 2 is 1.22 bits per heavy atom. The maximum atomic E-state index is 11.6. The van der Waals surface area contributed by atoms with Crippen LogP contribution in [0.2, 0.25) is 0 Å². The topological polar surface area (TPSA) is 18.5 Å². The van der Waals surface area contributed by atoms with E-state index < -0.39 is 19.0 Å². The van der Waals surface area contributed by atoms with Gasteiger partial charge < -0.3 is 0 Å². The van der Waals surface area contributed by atoms with Crippen molar-refractivity contribution >= 4 is 0 Å². The molecule has 0 bridgehead atoms. The van der Waals surface area contributed by atoms with E-state index in [9.17, 15) is 17.6 Å². The van der Waals surface area contributed by atoms with Gasteiger partial charge in [0.2, 0.25) is 0 Å². The highest BCUT2D eigenvalue weighted by molar-refractivity contribution is 4.68. The predicted octanol–water partition coefficient (Wildman–Crippen LogP) is 1.18. The van der Waals surface area contributed by atoms with E-state index >= 15 is 0 Å². The molecule has 0 saturated carbocycles. The minimum atomic E-state index is -4.47. The molecule has 2 nitrogen and oxygen atoms in total. The summed E-state index contributed by atoms with van der Waals surface area (Å²) in [7, 11) is 0. The number of hydrogen-bond donors (Lipinski definition) is 0. The third-order valence-electron chi connectivity index (χ3n) is 0.819. The van der Waals surface area contributed by atoms with Gasteiger partial charge in [0.05, 0.1) is 0 Å². The van der Waals surface area contributed by atoms with Crippen LogP contribution in [0.15, 0.2) is 0 Å². The Morgan fingerprint density at radius 1 is 0.889 bits per heavy atom. The number of ether oxygens (including phenoxy) is 2. The number of hydrogen-bond acceptors (Lipinski definition) is 2. The molecule has 0 unspecified atom stereocenters. The van der Waals surface area contributed by atoms with Gasteiger partial charge in [-0.15, -0.1) is 0 Å². The highest BCUT2D eigenvalue weighted by atomic mass is 19.3. The average molecular weight is 146 g/mol. The first-order valence-electron chi connectivity index (χ1n) is 1.99. The molecule has 0 amide bonds. The first kappa shape index (κ1) is 6.76. The quantitative estimate of drug-likeness (QED) is 0.477. The van der Waals surface area contributed by atoms with Crippen LogP contribution in [-0.2, 0) is 9.47 Å². The van der Waals surface area contributed by atoms with E-state index in [4.69, 9.17) is 0 Å². The highest BCUT2D eigenvalue weighted by Gasteiger charge is 2.64. The van der Waals surface area contributed by atoms with E-state index in [1.165, 1.54) is 0 Å². The Labute approximate surface area is 47.4 Å². The zero-order chi connectivity index (χ0) is 7.12. The van der Waals surface area contributed by atoms with Crippen LogP contribution >= 0.6 is 0 Å². The van der Waals surface area contributed by atoms with Crippen LogP contribution in [0.3, 0.4) is 0 Å². The van der Waals surface area contributed by atoms with Crippen molar-refractivity contribution in [2.75, 3.05) is 6.79 Å². The van der Waals surface area contributed by atoms with Crippen molar-refractivity contribution in [3.05, 3.63) is 0 Å². The minimum absolute atomic E-state index is 1.07. The Balaban J connectivity index is 2.75. The van der Waals surface area contributed by atoms with Crippen molar-refractivity contribution in [2.45, 2.75) is 12.2 Å². The molecule has 1 fully saturated rings. The Kier molecular flexibility index (Phi) is 1.18. The second-order valence-corrected chi connectivity index (χ2v) is 1.44. The van der Waals surface area contributed by atoms with Crippen LogP contribution in [0.4, 0.5) is 17.6 Å². The van der Waals surface area contributed by atoms with Crippen molar-refractivity contribution in [1.82, 2.24) is 0 Å². The summed E-state index contributed by atoms with van der Waals surface area (Å²) in [6, 6.07) is 0. The number of halogens is 4. The van der Waals surface area contributed by atoms with Crippen molar-refractivity contribution in [3.63, 3.8) is 0 Å². The summed E-state index contributed by atoms with van der Waals surface area (Å²) in [5, 5.41) is 0. The molecule has 54 valence electrons. The fourth-order valence-corrected chi connectivity index (χ4v) is 0.346. The highest BCUT2D eigenvalue weighted by Crippen LogP contribution is 2.40. The zero-order valence-corrected chi connectivity index (χ0v) is 4.04. The summed E-state index contributed by atoms with van der Waals surface area (Å²) in [5.41, 5.74) is 0. The monoisotopic (exact) mass is 146 g/mol. The van der Waals surface area contributed by atoms with Gasteiger partial charge in [-0.05, 0) is 0 Å². The summed E-state index contributed by atoms with van der Waals surface area (Å²) >= 11 is 0. The lowest BCUT2D eigenvalue weighted by atomic mass is 10.6. The largest absolute Gasteiger partial charge is 0.450 e. The molecular formula is C3H2F4O2. The van der Waals surface area contributed by atoms with Gasteiger partial charge in [0.1, 0.15) is 0 Å². The van der Waals surface area contributed by atoms with Crippen molar-refractivity contribution < 1.29 is 27.0 Å². The fourth-order valence-electron chi connectivity index (χ4n) is 0.346. The summed E-state index contributed by atoms with van der Waals surface area (Å²) < 4.78 is 53.0. The maximum Gasteiger partial charge on any atom is 0.450 e. The molecule has 0 spiro atoms. The molecule has 1 rings (SSSR count). The lowest BCUT2D eigenvalue weighted by molar-refractivity contribution is -0.344. The number of rotatable bonds is 0. The zero-order valence-electron chi connectivity index (χ0n) is 4.04. The first-order chi connectivity index (χ1) is 3.96. The lowest BCUT2D eigenvalue weighted by Gasteiger charge is -2.12. The van der Waals surface area contributed by atoms with E-state index in [2.05, 4.69) is 9.47 Å². The SMILES string of the molecule is FC1(F)OCOC1(F)F. The normalized spacial score (nSPS) is 30.7. The second-order valence-electron chi connectivity index (χ2n) is 1.44. The standard InChI is InChI=1S/C3H2F4O2/c4-2(5)3(6,7)9-1-8-2/h1H2. The van der Waals surface area contributed by atoms with Gasteiger partial charge in [-0.3, -0.25) is 9.47 Å². The number of alkyl halides is 4. The van der Waals surface area contributed by atoms with Gasteiger partial charge in [-0.1, -0.05) is 0 Å². The van der Waals surface area contributed by atoms with Crippen LogP contribution in [-0.4, -0.2) is 19.0 Å². The van der Waals surface area contributed by atoms with E-state index in [1.54, 1.807) is 0 Å². The van der Waals surface area contributed by atoms with Crippen LogP contribution < -0.4 is 0 Å². The summed E-state index contributed by atoms with van der Waals surface area (Å²) in [6.07, 6.45) is -8.93. The smallest absolute Gasteiger partial charge is 0.286 e. The Hall–Kier alpha value is -0.360. The molecule has 0 radical (unpaired) electrons. The van der Waals surface area contributed by atoms with Crippen LogP contribution in [0.5, 0.6) is 0 Å². The molecule has 0 aromatic heterocycles. The van der Waals surface area contributed by atoms with Gasteiger partial charge in [-0.25, -0.2) is 0 Å². The molecule has 6 heteroatoms.